The molecule has 1 fully saturated rings. The van der Waals surface area contributed by atoms with Crippen LogP contribution in [0.2, 0.25) is 0 Å². The zero-order valence-corrected chi connectivity index (χ0v) is 7.14. The molecule has 0 amide bonds. The Hall–Kier alpha value is -0.560. The van der Waals surface area contributed by atoms with Crippen molar-refractivity contribution < 1.29 is 5.11 Å². The summed E-state index contributed by atoms with van der Waals surface area (Å²) in [4.78, 5) is 0. The van der Waals surface area contributed by atoms with E-state index in [0.717, 1.165) is 30.4 Å². The molecule has 1 heteroatoms. The normalized spacial score (nSPS) is 32.0. The molecule has 0 radical (unpaired) electrons. The molecule has 0 aromatic heterocycles. The highest BCUT2D eigenvalue weighted by Gasteiger charge is 2.26. The zero-order valence-electron chi connectivity index (χ0n) is 7.14. The fraction of sp³-hybridized carbons (Fsp3) is 0.600. The van der Waals surface area contributed by atoms with Crippen molar-refractivity contribution in [2.45, 2.75) is 32.3 Å². The lowest BCUT2D eigenvalue weighted by Gasteiger charge is -2.30. The molecule has 0 spiro atoms. The first-order valence-corrected chi connectivity index (χ1v) is 4.14. The van der Waals surface area contributed by atoms with Gasteiger partial charge in [-0.05, 0) is 26.2 Å². The Morgan fingerprint density at radius 1 is 1.64 bits per heavy atom. The van der Waals surface area contributed by atoms with Gasteiger partial charge in [0.05, 0.1) is 6.10 Å². The van der Waals surface area contributed by atoms with Gasteiger partial charge < -0.3 is 5.11 Å². The van der Waals surface area contributed by atoms with E-state index < -0.39 is 0 Å². The van der Waals surface area contributed by atoms with Crippen molar-refractivity contribution in [3.05, 3.63) is 24.3 Å². The lowest BCUT2D eigenvalue weighted by atomic mass is 9.79. The van der Waals surface area contributed by atoms with E-state index in [0.29, 0.717) is 0 Å². The maximum absolute atomic E-state index is 9.59. The van der Waals surface area contributed by atoms with Gasteiger partial charge in [-0.2, -0.15) is 0 Å². The van der Waals surface area contributed by atoms with Crippen LogP contribution in [0, 0.1) is 5.92 Å². The fourth-order valence-electron chi connectivity index (χ4n) is 1.81. The Morgan fingerprint density at radius 2 is 2.27 bits per heavy atom. The highest BCUT2D eigenvalue weighted by molar-refractivity contribution is 5.19. The van der Waals surface area contributed by atoms with E-state index in [2.05, 4.69) is 13.2 Å². The van der Waals surface area contributed by atoms with Crippen LogP contribution in [0.4, 0.5) is 0 Å². The maximum Gasteiger partial charge on any atom is 0.0642 e. The summed E-state index contributed by atoms with van der Waals surface area (Å²) in [6.45, 7) is 9.77. The minimum absolute atomic E-state index is 0.156. The van der Waals surface area contributed by atoms with E-state index in [4.69, 9.17) is 0 Å². The van der Waals surface area contributed by atoms with Gasteiger partial charge in [-0.1, -0.05) is 24.3 Å². The van der Waals surface area contributed by atoms with Gasteiger partial charge >= 0.3 is 0 Å². The van der Waals surface area contributed by atoms with Gasteiger partial charge in [0, 0.05) is 5.92 Å². The number of hydrogen-bond donors (Lipinski definition) is 1. The third-order valence-corrected chi connectivity index (χ3v) is 2.35. The number of rotatable bonds is 1. The number of aliphatic hydroxyl groups is 1. The van der Waals surface area contributed by atoms with E-state index in [1.54, 1.807) is 0 Å². The molecule has 1 aliphatic carbocycles. The number of aliphatic hydroxyl groups excluding tert-OH is 1. The summed E-state index contributed by atoms with van der Waals surface area (Å²) in [5.41, 5.74) is 2.19. The lowest BCUT2D eigenvalue weighted by Crippen LogP contribution is -2.26. The van der Waals surface area contributed by atoms with Crippen molar-refractivity contribution in [3.63, 3.8) is 0 Å². The maximum atomic E-state index is 9.59. The molecule has 62 valence electrons. The van der Waals surface area contributed by atoms with Crippen LogP contribution >= 0.6 is 0 Å². The van der Waals surface area contributed by atoms with Gasteiger partial charge in [0.25, 0.3) is 0 Å². The van der Waals surface area contributed by atoms with Crippen LogP contribution in [0.5, 0.6) is 0 Å². The van der Waals surface area contributed by atoms with Gasteiger partial charge in [-0.3, -0.25) is 0 Å². The monoisotopic (exact) mass is 152 g/mol. The Morgan fingerprint density at radius 3 is 2.64 bits per heavy atom. The molecule has 0 heterocycles. The van der Waals surface area contributed by atoms with Crippen LogP contribution < -0.4 is 0 Å². The lowest BCUT2D eigenvalue weighted by molar-refractivity contribution is 0.113. The third-order valence-electron chi connectivity index (χ3n) is 2.35. The molecule has 1 nitrogen and oxygen atoms in total. The minimum atomic E-state index is -0.228. The van der Waals surface area contributed by atoms with E-state index in [1.165, 1.54) is 0 Å². The molecule has 0 unspecified atom stereocenters. The first kappa shape index (κ1) is 8.54. The van der Waals surface area contributed by atoms with Crippen molar-refractivity contribution in [2.24, 2.45) is 5.92 Å². The highest BCUT2D eigenvalue weighted by atomic mass is 16.3. The highest BCUT2D eigenvalue weighted by Crippen LogP contribution is 2.32. The molecule has 0 aromatic carbocycles. The summed E-state index contributed by atoms with van der Waals surface area (Å²) in [5, 5.41) is 9.59. The summed E-state index contributed by atoms with van der Waals surface area (Å²) < 4.78 is 0. The molecule has 0 aliphatic heterocycles. The molecule has 1 aliphatic rings. The van der Waals surface area contributed by atoms with Crippen molar-refractivity contribution in [1.82, 2.24) is 0 Å². The molecule has 2 atom stereocenters. The standard InChI is InChI=1S/C10H16O/c1-7(2)10-8(3)5-4-6-9(10)11/h9-11H,1,3-6H2,2H3/t9-,10+/m0/s1. The van der Waals surface area contributed by atoms with E-state index >= 15 is 0 Å². The van der Waals surface area contributed by atoms with Crippen molar-refractivity contribution >= 4 is 0 Å². The molecule has 0 aromatic rings. The molecule has 11 heavy (non-hydrogen) atoms. The van der Waals surface area contributed by atoms with Crippen LogP contribution in [0.15, 0.2) is 24.3 Å². The predicted molar refractivity (Wildman–Crippen MR) is 47.3 cm³/mol. The van der Waals surface area contributed by atoms with Crippen LogP contribution in [-0.2, 0) is 0 Å². The van der Waals surface area contributed by atoms with E-state index in [1.807, 2.05) is 6.92 Å². The first-order chi connectivity index (χ1) is 5.13. The Kier molecular flexibility index (Phi) is 2.50. The summed E-state index contributed by atoms with van der Waals surface area (Å²) in [7, 11) is 0. The van der Waals surface area contributed by atoms with Crippen molar-refractivity contribution in [1.29, 1.82) is 0 Å². The van der Waals surface area contributed by atoms with Gasteiger partial charge in [0.1, 0.15) is 0 Å². The Bertz CT molecular complexity index is 181. The molecule has 0 saturated heterocycles. The van der Waals surface area contributed by atoms with Crippen LogP contribution in [-0.4, -0.2) is 11.2 Å². The largest absolute Gasteiger partial charge is 0.392 e. The summed E-state index contributed by atoms with van der Waals surface area (Å²) in [5.74, 6) is 0.156. The number of hydrogen-bond acceptors (Lipinski definition) is 1. The summed E-state index contributed by atoms with van der Waals surface area (Å²) in [6.07, 6.45) is 2.79. The third kappa shape index (κ3) is 1.72. The minimum Gasteiger partial charge on any atom is -0.392 e. The topological polar surface area (TPSA) is 20.2 Å². The smallest absolute Gasteiger partial charge is 0.0642 e. The van der Waals surface area contributed by atoms with Crippen molar-refractivity contribution in [3.8, 4) is 0 Å². The van der Waals surface area contributed by atoms with Gasteiger partial charge in [-0.15, -0.1) is 0 Å². The van der Waals surface area contributed by atoms with E-state index in [9.17, 15) is 5.11 Å². The van der Waals surface area contributed by atoms with Crippen molar-refractivity contribution in [2.75, 3.05) is 0 Å². The summed E-state index contributed by atoms with van der Waals surface area (Å²) in [6, 6.07) is 0. The SMILES string of the molecule is C=C(C)[C@@H]1C(=C)CCC[C@@H]1O. The molecule has 1 rings (SSSR count). The second-order valence-electron chi connectivity index (χ2n) is 3.44. The average molecular weight is 152 g/mol. The van der Waals surface area contributed by atoms with Crippen LogP contribution in [0.3, 0.4) is 0 Å². The molecule has 1 saturated carbocycles. The van der Waals surface area contributed by atoms with Gasteiger partial charge in [0.2, 0.25) is 0 Å². The van der Waals surface area contributed by atoms with E-state index in [-0.39, 0.29) is 12.0 Å². The first-order valence-electron chi connectivity index (χ1n) is 4.14. The quantitative estimate of drug-likeness (QED) is 0.571. The second-order valence-corrected chi connectivity index (χ2v) is 3.44. The van der Waals surface area contributed by atoms with Gasteiger partial charge in [0.15, 0.2) is 0 Å². The average Bonchev–Trinajstić information content (AvgIpc) is 1.85. The molecular formula is C10H16O. The van der Waals surface area contributed by atoms with Crippen LogP contribution in [0.25, 0.3) is 0 Å². The molecular weight excluding hydrogens is 136 g/mol. The molecule has 0 bridgehead atoms. The Balaban J connectivity index is 2.70. The summed E-state index contributed by atoms with van der Waals surface area (Å²) >= 11 is 0. The second kappa shape index (κ2) is 3.22. The zero-order chi connectivity index (χ0) is 8.43. The fourth-order valence-corrected chi connectivity index (χ4v) is 1.81. The predicted octanol–water partition coefficient (Wildman–Crippen LogP) is 2.28. The van der Waals surface area contributed by atoms with Gasteiger partial charge in [-0.25, -0.2) is 0 Å². The van der Waals surface area contributed by atoms with Crippen LogP contribution in [0.1, 0.15) is 26.2 Å². The molecule has 1 N–H and O–H groups in total. The Labute approximate surface area is 68.4 Å².